The minimum atomic E-state index is 0.424. The highest BCUT2D eigenvalue weighted by molar-refractivity contribution is 6.34. The van der Waals surface area contributed by atoms with Gasteiger partial charge in [-0.05, 0) is 6.07 Å². The molecular formula is C8H5ClN2O. The van der Waals surface area contributed by atoms with Crippen molar-refractivity contribution in [3.63, 3.8) is 0 Å². The van der Waals surface area contributed by atoms with Gasteiger partial charge in [-0.2, -0.15) is 4.73 Å². The van der Waals surface area contributed by atoms with E-state index in [-0.39, 0.29) is 0 Å². The Morgan fingerprint density at radius 3 is 3.08 bits per heavy atom. The number of aromatic nitrogens is 2. The zero-order valence-corrected chi connectivity index (χ0v) is 6.82. The van der Waals surface area contributed by atoms with Crippen molar-refractivity contribution in [2.45, 2.75) is 0 Å². The first-order valence-corrected chi connectivity index (χ1v) is 3.78. The molecule has 2 aromatic rings. The maximum Gasteiger partial charge on any atom is 0.188 e. The lowest BCUT2D eigenvalue weighted by atomic mass is 10.2. The van der Waals surface area contributed by atoms with Gasteiger partial charge < -0.3 is 5.21 Å². The summed E-state index contributed by atoms with van der Waals surface area (Å²) >= 11 is 5.79. The van der Waals surface area contributed by atoms with Crippen molar-refractivity contribution in [2.75, 3.05) is 0 Å². The SMILES string of the molecule is [O-][n+]1ccc2c(Cl)nccc2c1. The van der Waals surface area contributed by atoms with Crippen molar-refractivity contribution in [3.8, 4) is 0 Å². The summed E-state index contributed by atoms with van der Waals surface area (Å²) in [5.74, 6) is 0. The molecule has 0 spiro atoms. The molecule has 0 aliphatic carbocycles. The zero-order chi connectivity index (χ0) is 8.55. The Labute approximate surface area is 73.8 Å². The Morgan fingerprint density at radius 2 is 2.25 bits per heavy atom. The van der Waals surface area contributed by atoms with Crippen LogP contribution < -0.4 is 4.73 Å². The summed E-state index contributed by atoms with van der Waals surface area (Å²) in [7, 11) is 0. The Bertz CT molecular complexity index is 430. The van der Waals surface area contributed by atoms with E-state index in [1.807, 2.05) is 0 Å². The minimum Gasteiger partial charge on any atom is -0.619 e. The molecule has 60 valence electrons. The molecule has 3 nitrogen and oxygen atoms in total. The van der Waals surface area contributed by atoms with Gasteiger partial charge in [-0.15, -0.1) is 0 Å². The topological polar surface area (TPSA) is 39.8 Å². The van der Waals surface area contributed by atoms with Crippen LogP contribution in [0.1, 0.15) is 0 Å². The van der Waals surface area contributed by atoms with Crippen LogP contribution >= 0.6 is 11.6 Å². The molecule has 0 aliphatic heterocycles. The van der Waals surface area contributed by atoms with Crippen LogP contribution in [0.15, 0.2) is 30.7 Å². The predicted molar refractivity (Wildman–Crippen MR) is 45.7 cm³/mol. The number of nitrogens with zero attached hydrogens (tertiary/aromatic N) is 2. The van der Waals surface area contributed by atoms with Crippen LogP contribution in [0.25, 0.3) is 10.8 Å². The van der Waals surface area contributed by atoms with E-state index in [2.05, 4.69) is 4.98 Å². The van der Waals surface area contributed by atoms with Crippen LogP contribution in [0.3, 0.4) is 0 Å². The number of fused-ring (bicyclic) bond motifs is 1. The molecule has 0 amide bonds. The van der Waals surface area contributed by atoms with E-state index in [9.17, 15) is 5.21 Å². The predicted octanol–water partition coefficient (Wildman–Crippen LogP) is 1.52. The Balaban J connectivity index is 2.86. The molecule has 0 aromatic carbocycles. The third-order valence-electron chi connectivity index (χ3n) is 1.63. The van der Waals surface area contributed by atoms with Crippen molar-refractivity contribution in [2.24, 2.45) is 0 Å². The molecule has 0 unspecified atom stereocenters. The van der Waals surface area contributed by atoms with Gasteiger partial charge in [0, 0.05) is 17.6 Å². The standard InChI is InChI=1S/C8H5ClN2O/c9-8-7-2-4-11(12)5-6(7)1-3-10-8/h1-5H. The molecule has 2 aromatic heterocycles. The van der Waals surface area contributed by atoms with Gasteiger partial charge in [0.15, 0.2) is 12.4 Å². The van der Waals surface area contributed by atoms with Gasteiger partial charge in [0.05, 0.1) is 5.39 Å². The first-order valence-electron chi connectivity index (χ1n) is 3.40. The first-order chi connectivity index (χ1) is 5.77. The summed E-state index contributed by atoms with van der Waals surface area (Å²) in [5.41, 5.74) is 0. The van der Waals surface area contributed by atoms with Crippen LogP contribution in [-0.4, -0.2) is 4.98 Å². The summed E-state index contributed by atoms with van der Waals surface area (Å²) in [4.78, 5) is 3.89. The fourth-order valence-electron chi connectivity index (χ4n) is 1.07. The second kappa shape index (κ2) is 2.60. The second-order valence-corrected chi connectivity index (χ2v) is 2.77. The summed E-state index contributed by atoms with van der Waals surface area (Å²) in [6.45, 7) is 0. The fraction of sp³-hybridized carbons (Fsp3) is 0. The first kappa shape index (κ1) is 7.31. The Hall–Kier alpha value is -1.35. The van der Waals surface area contributed by atoms with Crippen LogP contribution in [-0.2, 0) is 0 Å². The monoisotopic (exact) mass is 180 g/mol. The molecule has 0 fully saturated rings. The fourth-order valence-corrected chi connectivity index (χ4v) is 1.30. The van der Waals surface area contributed by atoms with Crippen molar-refractivity contribution in [3.05, 3.63) is 41.1 Å². The van der Waals surface area contributed by atoms with E-state index in [1.165, 1.54) is 12.4 Å². The molecule has 2 heterocycles. The molecular weight excluding hydrogens is 176 g/mol. The number of hydrogen-bond acceptors (Lipinski definition) is 2. The normalized spacial score (nSPS) is 10.4. The highest BCUT2D eigenvalue weighted by Crippen LogP contribution is 2.18. The third-order valence-corrected chi connectivity index (χ3v) is 1.93. The van der Waals surface area contributed by atoms with Crippen LogP contribution in [0, 0.1) is 5.21 Å². The number of rotatable bonds is 0. The van der Waals surface area contributed by atoms with Gasteiger partial charge in [0.1, 0.15) is 5.15 Å². The lowest BCUT2D eigenvalue weighted by Gasteiger charge is -1.98. The maximum atomic E-state index is 10.8. The molecule has 0 saturated carbocycles. The van der Waals surface area contributed by atoms with Gasteiger partial charge in [0.25, 0.3) is 0 Å². The zero-order valence-electron chi connectivity index (χ0n) is 6.07. The minimum absolute atomic E-state index is 0.424. The van der Waals surface area contributed by atoms with Crippen molar-refractivity contribution in [1.29, 1.82) is 0 Å². The molecule has 0 bridgehead atoms. The molecule has 0 aliphatic rings. The Kier molecular flexibility index (Phi) is 1.59. The average molecular weight is 181 g/mol. The summed E-state index contributed by atoms with van der Waals surface area (Å²) in [6.07, 6.45) is 4.43. The van der Waals surface area contributed by atoms with Gasteiger partial charge in [-0.1, -0.05) is 11.6 Å². The van der Waals surface area contributed by atoms with Crippen molar-refractivity contribution in [1.82, 2.24) is 4.98 Å². The lowest BCUT2D eigenvalue weighted by Crippen LogP contribution is -2.23. The van der Waals surface area contributed by atoms with Crippen molar-refractivity contribution < 1.29 is 4.73 Å². The largest absolute Gasteiger partial charge is 0.619 e. The molecule has 0 atom stereocenters. The molecule has 0 radical (unpaired) electrons. The van der Waals surface area contributed by atoms with Crippen LogP contribution in [0.2, 0.25) is 5.15 Å². The quantitative estimate of drug-likeness (QED) is 0.350. The molecule has 12 heavy (non-hydrogen) atoms. The number of halogens is 1. The van der Waals surface area contributed by atoms with Crippen LogP contribution in [0.5, 0.6) is 0 Å². The smallest absolute Gasteiger partial charge is 0.188 e. The number of hydrogen-bond donors (Lipinski definition) is 0. The maximum absolute atomic E-state index is 10.8. The molecule has 2 rings (SSSR count). The summed E-state index contributed by atoms with van der Waals surface area (Å²) in [6, 6.07) is 3.40. The van der Waals surface area contributed by atoms with E-state index in [0.29, 0.717) is 5.15 Å². The van der Waals surface area contributed by atoms with Gasteiger partial charge in [-0.3, -0.25) is 0 Å². The lowest BCUT2D eigenvalue weighted by molar-refractivity contribution is -0.603. The van der Waals surface area contributed by atoms with E-state index in [4.69, 9.17) is 11.6 Å². The Morgan fingerprint density at radius 1 is 1.42 bits per heavy atom. The van der Waals surface area contributed by atoms with E-state index in [0.717, 1.165) is 15.5 Å². The van der Waals surface area contributed by atoms with E-state index < -0.39 is 0 Å². The average Bonchev–Trinajstić information content (AvgIpc) is 2.04. The van der Waals surface area contributed by atoms with Gasteiger partial charge in [-0.25, -0.2) is 4.98 Å². The number of pyridine rings is 2. The highest BCUT2D eigenvalue weighted by atomic mass is 35.5. The van der Waals surface area contributed by atoms with E-state index >= 15 is 0 Å². The molecule has 4 heteroatoms. The van der Waals surface area contributed by atoms with E-state index in [1.54, 1.807) is 18.3 Å². The van der Waals surface area contributed by atoms with Gasteiger partial charge >= 0.3 is 0 Å². The third kappa shape index (κ3) is 1.08. The highest BCUT2D eigenvalue weighted by Gasteiger charge is 2.01. The molecule has 0 N–H and O–H groups in total. The van der Waals surface area contributed by atoms with Gasteiger partial charge in [0.2, 0.25) is 0 Å². The summed E-state index contributed by atoms with van der Waals surface area (Å²) < 4.78 is 0.735. The van der Waals surface area contributed by atoms with Crippen LogP contribution in [0.4, 0.5) is 0 Å². The summed E-state index contributed by atoms with van der Waals surface area (Å²) in [5, 5.41) is 12.9. The van der Waals surface area contributed by atoms with Crippen molar-refractivity contribution >= 4 is 22.4 Å². The molecule has 0 saturated heterocycles. The second-order valence-electron chi connectivity index (χ2n) is 2.41.